The molecule has 2 rings (SSSR count). The van der Waals surface area contributed by atoms with Crippen molar-refractivity contribution >= 4 is 15.9 Å². The highest BCUT2D eigenvalue weighted by Gasteiger charge is 2.18. The zero-order chi connectivity index (χ0) is 14.9. The van der Waals surface area contributed by atoms with Gasteiger partial charge in [0.1, 0.15) is 0 Å². The monoisotopic (exact) mass is 346 g/mol. The molecule has 0 aliphatic heterocycles. The predicted molar refractivity (Wildman–Crippen MR) is 71.2 cm³/mol. The third-order valence-corrected chi connectivity index (χ3v) is 3.08. The van der Waals surface area contributed by atoms with Crippen molar-refractivity contribution in [2.24, 2.45) is 0 Å². The van der Waals surface area contributed by atoms with Gasteiger partial charge in [-0.25, -0.2) is 8.78 Å². The van der Waals surface area contributed by atoms with Gasteiger partial charge in [-0.05, 0) is 25.1 Å². The highest BCUT2D eigenvalue weighted by atomic mass is 79.9. The molecule has 1 N–H and O–H groups in total. The van der Waals surface area contributed by atoms with E-state index >= 15 is 0 Å². The molecule has 2 aromatic rings. The third kappa shape index (κ3) is 2.96. The number of hydrogen-bond donors (Lipinski definition) is 1. The van der Waals surface area contributed by atoms with Crippen molar-refractivity contribution in [2.45, 2.75) is 13.0 Å². The smallest absolute Gasteiger partial charge is 0.201 e. The molecular formula is C14H10BrF3O2. The van der Waals surface area contributed by atoms with Gasteiger partial charge in [0.05, 0.1) is 6.10 Å². The number of rotatable bonds is 3. The quantitative estimate of drug-likeness (QED) is 0.815. The van der Waals surface area contributed by atoms with E-state index < -0.39 is 29.3 Å². The summed E-state index contributed by atoms with van der Waals surface area (Å²) in [6.07, 6.45) is -1.01. The highest BCUT2D eigenvalue weighted by molar-refractivity contribution is 9.10. The lowest BCUT2D eigenvalue weighted by molar-refractivity contribution is 0.194. The standard InChI is InChI=1S/C14H10BrF3O2/c1-7(19)9-3-2-4-10(16)14(9)20-12-6-8(15)5-11(17)13(12)18/h2-7,19H,1H3. The van der Waals surface area contributed by atoms with E-state index in [2.05, 4.69) is 15.9 Å². The Morgan fingerprint density at radius 3 is 2.50 bits per heavy atom. The number of aliphatic hydroxyl groups is 1. The summed E-state index contributed by atoms with van der Waals surface area (Å²) in [5.41, 5.74) is 0.143. The maximum atomic E-state index is 13.8. The Hall–Kier alpha value is -1.53. The van der Waals surface area contributed by atoms with E-state index in [-0.39, 0.29) is 15.8 Å². The number of ether oxygens (including phenoxy) is 1. The summed E-state index contributed by atoms with van der Waals surface area (Å²) in [5.74, 6) is -3.93. The van der Waals surface area contributed by atoms with Crippen molar-refractivity contribution in [3.8, 4) is 11.5 Å². The second-order valence-corrected chi connectivity index (χ2v) is 5.05. The van der Waals surface area contributed by atoms with Crippen molar-refractivity contribution in [1.29, 1.82) is 0 Å². The first-order valence-electron chi connectivity index (χ1n) is 5.69. The van der Waals surface area contributed by atoms with Crippen LogP contribution in [0.25, 0.3) is 0 Å². The summed E-state index contributed by atoms with van der Waals surface area (Å²) < 4.78 is 46.0. The summed E-state index contributed by atoms with van der Waals surface area (Å²) in [7, 11) is 0. The fourth-order valence-electron chi connectivity index (χ4n) is 1.68. The van der Waals surface area contributed by atoms with Crippen LogP contribution in [0.5, 0.6) is 11.5 Å². The Labute approximate surface area is 121 Å². The average Bonchev–Trinajstić information content (AvgIpc) is 2.37. The molecule has 0 fully saturated rings. The molecule has 0 amide bonds. The number of benzene rings is 2. The molecule has 2 nitrogen and oxygen atoms in total. The lowest BCUT2D eigenvalue weighted by Gasteiger charge is -2.14. The van der Waals surface area contributed by atoms with Gasteiger partial charge in [0.2, 0.25) is 5.82 Å². The van der Waals surface area contributed by atoms with Crippen LogP contribution in [0.4, 0.5) is 13.2 Å². The van der Waals surface area contributed by atoms with Gasteiger partial charge in [-0.3, -0.25) is 0 Å². The van der Waals surface area contributed by atoms with Gasteiger partial charge in [0, 0.05) is 10.0 Å². The van der Waals surface area contributed by atoms with Crippen molar-refractivity contribution in [1.82, 2.24) is 0 Å². The van der Waals surface area contributed by atoms with E-state index in [4.69, 9.17) is 4.74 Å². The molecule has 20 heavy (non-hydrogen) atoms. The van der Waals surface area contributed by atoms with E-state index in [0.29, 0.717) is 0 Å². The van der Waals surface area contributed by atoms with Gasteiger partial charge in [0.25, 0.3) is 0 Å². The Morgan fingerprint density at radius 2 is 1.85 bits per heavy atom. The van der Waals surface area contributed by atoms with Crippen LogP contribution in [0, 0.1) is 17.5 Å². The fourth-order valence-corrected chi connectivity index (χ4v) is 2.09. The average molecular weight is 347 g/mol. The topological polar surface area (TPSA) is 29.5 Å². The maximum Gasteiger partial charge on any atom is 0.201 e. The molecule has 0 saturated carbocycles. The molecule has 2 aromatic carbocycles. The fraction of sp³-hybridized carbons (Fsp3) is 0.143. The van der Waals surface area contributed by atoms with Crippen LogP contribution >= 0.6 is 15.9 Å². The summed E-state index contributed by atoms with van der Waals surface area (Å²) in [4.78, 5) is 0. The molecule has 0 bridgehead atoms. The Kier molecular flexibility index (Phi) is 4.35. The summed E-state index contributed by atoms with van der Waals surface area (Å²) >= 11 is 3.00. The number of halogens is 4. The molecule has 0 spiro atoms. The van der Waals surface area contributed by atoms with Crippen LogP contribution in [-0.2, 0) is 0 Å². The molecule has 0 aliphatic rings. The molecule has 0 radical (unpaired) electrons. The van der Waals surface area contributed by atoms with E-state index in [0.717, 1.165) is 12.1 Å². The Morgan fingerprint density at radius 1 is 1.15 bits per heavy atom. The van der Waals surface area contributed by atoms with Gasteiger partial charge < -0.3 is 9.84 Å². The SMILES string of the molecule is CC(O)c1cccc(F)c1Oc1cc(Br)cc(F)c1F. The summed E-state index contributed by atoms with van der Waals surface area (Å²) in [5, 5.41) is 9.56. The van der Waals surface area contributed by atoms with Gasteiger partial charge in [-0.1, -0.05) is 28.1 Å². The van der Waals surface area contributed by atoms with E-state index in [1.165, 1.54) is 25.1 Å². The second kappa shape index (κ2) is 5.85. The number of para-hydroxylation sites is 1. The van der Waals surface area contributed by atoms with E-state index in [1.54, 1.807) is 0 Å². The predicted octanol–water partition coefficient (Wildman–Crippen LogP) is 4.71. The second-order valence-electron chi connectivity index (χ2n) is 4.14. The molecule has 1 atom stereocenters. The van der Waals surface area contributed by atoms with Crippen molar-refractivity contribution in [2.75, 3.05) is 0 Å². The van der Waals surface area contributed by atoms with Gasteiger partial charge in [-0.2, -0.15) is 4.39 Å². The minimum Gasteiger partial charge on any atom is -0.451 e. The van der Waals surface area contributed by atoms with Gasteiger partial charge >= 0.3 is 0 Å². The zero-order valence-corrected chi connectivity index (χ0v) is 11.9. The highest BCUT2D eigenvalue weighted by Crippen LogP contribution is 2.35. The van der Waals surface area contributed by atoms with Crippen molar-refractivity contribution in [3.63, 3.8) is 0 Å². The van der Waals surface area contributed by atoms with Crippen LogP contribution in [0.2, 0.25) is 0 Å². The molecule has 0 saturated heterocycles. The number of hydrogen-bond acceptors (Lipinski definition) is 2. The lowest BCUT2D eigenvalue weighted by atomic mass is 10.1. The van der Waals surface area contributed by atoms with Crippen LogP contribution < -0.4 is 4.74 Å². The normalized spacial score (nSPS) is 12.3. The Bertz CT molecular complexity index is 645. The van der Waals surface area contributed by atoms with E-state index in [1.807, 2.05) is 0 Å². The minimum atomic E-state index is -1.23. The molecule has 6 heteroatoms. The molecule has 0 aromatic heterocycles. The van der Waals surface area contributed by atoms with Crippen LogP contribution in [0.15, 0.2) is 34.8 Å². The first-order chi connectivity index (χ1) is 9.40. The van der Waals surface area contributed by atoms with Gasteiger partial charge in [0.15, 0.2) is 23.1 Å². The van der Waals surface area contributed by atoms with Crippen LogP contribution in [-0.4, -0.2) is 5.11 Å². The lowest BCUT2D eigenvalue weighted by Crippen LogP contribution is -2.00. The Balaban J connectivity index is 2.50. The first kappa shape index (κ1) is 14.9. The van der Waals surface area contributed by atoms with E-state index in [9.17, 15) is 18.3 Å². The number of aliphatic hydroxyl groups excluding tert-OH is 1. The summed E-state index contributed by atoms with van der Waals surface area (Å²) in [6, 6.07) is 6.04. The largest absolute Gasteiger partial charge is 0.451 e. The minimum absolute atomic E-state index is 0.143. The molecule has 1 unspecified atom stereocenters. The van der Waals surface area contributed by atoms with Crippen LogP contribution in [0.1, 0.15) is 18.6 Å². The van der Waals surface area contributed by atoms with Crippen LogP contribution in [0.3, 0.4) is 0 Å². The molecular weight excluding hydrogens is 337 g/mol. The van der Waals surface area contributed by atoms with Crippen molar-refractivity contribution in [3.05, 3.63) is 57.8 Å². The van der Waals surface area contributed by atoms with Crippen molar-refractivity contribution < 1.29 is 23.0 Å². The molecule has 0 heterocycles. The molecule has 106 valence electrons. The maximum absolute atomic E-state index is 13.8. The third-order valence-electron chi connectivity index (χ3n) is 2.62. The zero-order valence-electron chi connectivity index (χ0n) is 10.3. The molecule has 0 aliphatic carbocycles. The first-order valence-corrected chi connectivity index (χ1v) is 6.48. The summed E-state index contributed by atoms with van der Waals surface area (Å²) in [6.45, 7) is 1.42. The van der Waals surface area contributed by atoms with Gasteiger partial charge in [-0.15, -0.1) is 0 Å².